The molecule has 0 aliphatic carbocycles. The van der Waals surface area contributed by atoms with Crippen molar-refractivity contribution in [3.05, 3.63) is 61.9 Å². The van der Waals surface area contributed by atoms with E-state index in [1.807, 2.05) is 31.2 Å². The maximum absolute atomic E-state index is 12.7. The predicted octanol–water partition coefficient (Wildman–Crippen LogP) is 5.75. The summed E-state index contributed by atoms with van der Waals surface area (Å²) >= 11 is 10.6. The second-order valence-electron chi connectivity index (χ2n) is 5.86. The third-order valence-corrected chi connectivity index (χ3v) is 5.68. The monoisotopic (exact) mass is 481 g/mol. The first-order valence-corrected chi connectivity index (χ1v) is 10.4. The summed E-state index contributed by atoms with van der Waals surface area (Å²) in [5.74, 6) is 0.587. The summed E-state index contributed by atoms with van der Waals surface area (Å²) in [6.45, 7) is 2.53. The zero-order chi connectivity index (χ0) is 20.3. The van der Waals surface area contributed by atoms with Gasteiger partial charge in [-0.2, -0.15) is 0 Å². The Bertz CT molecular complexity index is 946. The Hall–Kier alpha value is -1.96. The number of methoxy groups -OCH3 is 1. The second kappa shape index (κ2) is 9.03. The smallest absolute Gasteiger partial charge is 0.293 e. The van der Waals surface area contributed by atoms with Crippen LogP contribution in [0.4, 0.5) is 4.79 Å². The number of carbonyl (C=O) groups is 2. The summed E-state index contributed by atoms with van der Waals surface area (Å²) < 4.78 is 11.8. The van der Waals surface area contributed by atoms with E-state index in [0.717, 1.165) is 21.8 Å². The van der Waals surface area contributed by atoms with E-state index in [0.29, 0.717) is 33.6 Å². The molecule has 0 bridgehead atoms. The molecule has 3 rings (SSSR count). The van der Waals surface area contributed by atoms with Crippen molar-refractivity contribution in [1.29, 1.82) is 0 Å². The summed E-state index contributed by atoms with van der Waals surface area (Å²) in [6, 6.07) is 10.9. The average molecular weight is 483 g/mol. The van der Waals surface area contributed by atoms with Gasteiger partial charge in [-0.3, -0.25) is 14.5 Å². The summed E-state index contributed by atoms with van der Waals surface area (Å²) in [5, 5.41) is 0.0738. The highest BCUT2D eigenvalue weighted by Crippen LogP contribution is 2.39. The number of carbonyl (C=O) groups excluding carboxylic acids is 2. The van der Waals surface area contributed by atoms with E-state index in [9.17, 15) is 9.59 Å². The van der Waals surface area contributed by atoms with E-state index < -0.39 is 0 Å². The third kappa shape index (κ3) is 4.54. The fraction of sp³-hybridized carbons (Fsp3) is 0.200. The topological polar surface area (TPSA) is 55.8 Å². The molecule has 1 heterocycles. The van der Waals surface area contributed by atoms with E-state index in [1.165, 1.54) is 12.0 Å². The van der Waals surface area contributed by atoms with Gasteiger partial charge in [-0.1, -0.05) is 39.7 Å². The number of imide groups is 1. The van der Waals surface area contributed by atoms with Crippen LogP contribution in [-0.2, 0) is 11.3 Å². The van der Waals surface area contributed by atoms with Gasteiger partial charge in [0.1, 0.15) is 0 Å². The first-order chi connectivity index (χ1) is 13.4. The minimum atomic E-state index is -0.332. The highest BCUT2D eigenvalue weighted by molar-refractivity contribution is 9.10. The first kappa shape index (κ1) is 20.8. The number of benzene rings is 2. The van der Waals surface area contributed by atoms with Crippen molar-refractivity contribution in [3.63, 3.8) is 0 Å². The molecule has 2 aromatic carbocycles. The van der Waals surface area contributed by atoms with Crippen LogP contribution in [0, 0.1) is 0 Å². The number of nitrogens with zero attached hydrogens (tertiary/aromatic N) is 1. The van der Waals surface area contributed by atoms with E-state index in [4.69, 9.17) is 21.1 Å². The molecule has 1 saturated heterocycles. The van der Waals surface area contributed by atoms with Gasteiger partial charge < -0.3 is 9.47 Å². The van der Waals surface area contributed by atoms with Gasteiger partial charge in [-0.05, 0) is 60.2 Å². The Morgan fingerprint density at radius 1 is 1.21 bits per heavy atom. The lowest BCUT2D eigenvalue weighted by atomic mass is 10.1. The largest absolute Gasteiger partial charge is 0.493 e. The van der Waals surface area contributed by atoms with Gasteiger partial charge in [0.2, 0.25) is 0 Å². The molecule has 2 aromatic rings. The highest BCUT2D eigenvalue weighted by Gasteiger charge is 2.35. The molecule has 8 heteroatoms. The molecule has 5 nitrogen and oxygen atoms in total. The molecule has 1 fully saturated rings. The molecular formula is C20H17BrClNO4S. The fourth-order valence-corrected chi connectivity index (χ4v) is 4.04. The Balaban J connectivity index is 1.85. The van der Waals surface area contributed by atoms with Crippen molar-refractivity contribution in [1.82, 2.24) is 4.90 Å². The summed E-state index contributed by atoms with van der Waals surface area (Å²) in [4.78, 5) is 26.6. The zero-order valence-corrected chi connectivity index (χ0v) is 18.4. The van der Waals surface area contributed by atoms with Crippen molar-refractivity contribution < 1.29 is 19.1 Å². The van der Waals surface area contributed by atoms with Gasteiger partial charge in [-0.15, -0.1) is 0 Å². The predicted molar refractivity (Wildman–Crippen MR) is 115 cm³/mol. The van der Waals surface area contributed by atoms with Gasteiger partial charge in [0, 0.05) is 4.47 Å². The SMILES string of the molecule is CCOc1c(Cl)cc(/C=C2\SC(=O)N(Cc3ccc(Br)cc3)C2=O)cc1OC. The lowest BCUT2D eigenvalue weighted by Gasteiger charge is -2.13. The summed E-state index contributed by atoms with van der Waals surface area (Å²) in [5.41, 5.74) is 1.52. The number of thioether (sulfide) groups is 1. The molecule has 0 radical (unpaired) electrons. The minimum Gasteiger partial charge on any atom is -0.493 e. The number of hydrogen-bond donors (Lipinski definition) is 0. The highest BCUT2D eigenvalue weighted by atomic mass is 79.9. The molecular weight excluding hydrogens is 466 g/mol. The van der Waals surface area contributed by atoms with Crippen LogP contribution in [0.1, 0.15) is 18.1 Å². The van der Waals surface area contributed by atoms with E-state index in [-0.39, 0.29) is 17.7 Å². The number of rotatable bonds is 6. The van der Waals surface area contributed by atoms with Crippen molar-refractivity contribution in [2.24, 2.45) is 0 Å². The minimum absolute atomic E-state index is 0.225. The van der Waals surface area contributed by atoms with Crippen LogP contribution in [-0.4, -0.2) is 29.8 Å². The lowest BCUT2D eigenvalue weighted by molar-refractivity contribution is -0.123. The molecule has 1 aliphatic rings. The van der Waals surface area contributed by atoms with Crippen LogP contribution in [0.3, 0.4) is 0 Å². The van der Waals surface area contributed by atoms with Gasteiger partial charge in [-0.25, -0.2) is 0 Å². The first-order valence-electron chi connectivity index (χ1n) is 8.43. The Morgan fingerprint density at radius 2 is 1.93 bits per heavy atom. The van der Waals surface area contributed by atoms with Crippen molar-refractivity contribution >= 4 is 56.5 Å². The van der Waals surface area contributed by atoms with Crippen molar-refractivity contribution in [2.45, 2.75) is 13.5 Å². The maximum atomic E-state index is 12.7. The standard InChI is InChI=1S/C20H17BrClNO4S/c1-3-27-18-15(22)8-13(9-16(18)26-2)10-17-19(24)23(20(25)28-17)11-12-4-6-14(21)7-5-12/h4-10H,3,11H2,1-2H3/b17-10-. The van der Waals surface area contributed by atoms with Crippen LogP contribution in [0.2, 0.25) is 5.02 Å². The molecule has 0 saturated carbocycles. The van der Waals surface area contributed by atoms with Crippen molar-refractivity contribution in [2.75, 3.05) is 13.7 Å². The second-order valence-corrected chi connectivity index (χ2v) is 8.18. The zero-order valence-electron chi connectivity index (χ0n) is 15.2. The van der Waals surface area contributed by atoms with Crippen LogP contribution < -0.4 is 9.47 Å². The number of amides is 2. The van der Waals surface area contributed by atoms with Crippen LogP contribution in [0.5, 0.6) is 11.5 Å². The molecule has 0 atom stereocenters. The van der Waals surface area contributed by atoms with Crippen LogP contribution in [0.15, 0.2) is 45.8 Å². The van der Waals surface area contributed by atoms with Crippen LogP contribution in [0.25, 0.3) is 6.08 Å². The molecule has 2 amide bonds. The van der Waals surface area contributed by atoms with Crippen LogP contribution >= 0.6 is 39.3 Å². The molecule has 0 unspecified atom stereocenters. The average Bonchev–Trinajstić information content (AvgIpc) is 2.92. The molecule has 0 N–H and O–H groups in total. The van der Waals surface area contributed by atoms with E-state index >= 15 is 0 Å². The summed E-state index contributed by atoms with van der Waals surface area (Å²) in [7, 11) is 1.52. The van der Waals surface area contributed by atoms with Gasteiger partial charge in [0.05, 0.1) is 30.2 Å². The molecule has 0 aromatic heterocycles. The van der Waals surface area contributed by atoms with E-state index in [1.54, 1.807) is 18.2 Å². The van der Waals surface area contributed by atoms with Gasteiger partial charge >= 0.3 is 0 Å². The third-order valence-electron chi connectivity index (χ3n) is 3.97. The Morgan fingerprint density at radius 3 is 2.57 bits per heavy atom. The Kier molecular flexibility index (Phi) is 6.69. The molecule has 146 valence electrons. The number of ether oxygens (including phenoxy) is 2. The van der Waals surface area contributed by atoms with Gasteiger partial charge in [0.15, 0.2) is 11.5 Å². The number of halogens is 2. The molecule has 1 aliphatic heterocycles. The van der Waals surface area contributed by atoms with Gasteiger partial charge in [0.25, 0.3) is 11.1 Å². The lowest BCUT2D eigenvalue weighted by Crippen LogP contribution is -2.27. The fourth-order valence-electron chi connectivity index (χ4n) is 2.67. The molecule has 28 heavy (non-hydrogen) atoms. The van der Waals surface area contributed by atoms with Crippen molar-refractivity contribution in [3.8, 4) is 11.5 Å². The van der Waals surface area contributed by atoms with E-state index in [2.05, 4.69) is 15.9 Å². The number of hydrogen-bond acceptors (Lipinski definition) is 5. The normalized spacial score (nSPS) is 15.4. The Labute approximate surface area is 180 Å². The maximum Gasteiger partial charge on any atom is 0.293 e. The quantitative estimate of drug-likeness (QED) is 0.491. The summed E-state index contributed by atoms with van der Waals surface area (Å²) in [6.07, 6.45) is 1.64. The molecule has 0 spiro atoms.